The van der Waals surface area contributed by atoms with E-state index in [1.54, 1.807) is 0 Å². The highest BCUT2D eigenvalue weighted by Crippen LogP contribution is 2.06. The number of aryl methyl sites for hydroxylation is 2. The van der Waals surface area contributed by atoms with Gasteiger partial charge in [-0.05, 0) is 36.8 Å². The van der Waals surface area contributed by atoms with Crippen LogP contribution in [0.4, 0.5) is 0 Å². The van der Waals surface area contributed by atoms with E-state index in [-0.39, 0.29) is 0 Å². The van der Waals surface area contributed by atoms with E-state index >= 15 is 0 Å². The Morgan fingerprint density at radius 3 is 2.53 bits per heavy atom. The van der Waals surface area contributed by atoms with Gasteiger partial charge < -0.3 is 0 Å². The summed E-state index contributed by atoms with van der Waals surface area (Å²) in [5.41, 5.74) is 4.20. The highest BCUT2D eigenvalue weighted by Gasteiger charge is 2.15. The van der Waals surface area contributed by atoms with E-state index in [4.69, 9.17) is 0 Å². The average molecular weight is 225 g/mol. The molecule has 4 heteroatoms. The van der Waals surface area contributed by atoms with Crippen LogP contribution >= 0.6 is 0 Å². The van der Waals surface area contributed by atoms with Crippen molar-refractivity contribution in [1.82, 2.24) is 15.1 Å². The van der Waals surface area contributed by atoms with Crippen molar-refractivity contribution in [3.05, 3.63) is 53.7 Å². The van der Waals surface area contributed by atoms with Crippen molar-refractivity contribution in [2.75, 3.05) is 0 Å². The lowest BCUT2D eigenvalue weighted by molar-refractivity contribution is -0.610. The molecule has 0 fully saturated rings. The number of nitrogens with zero attached hydrogens (tertiary/aromatic N) is 4. The second kappa shape index (κ2) is 3.66. The fourth-order valence-electron chi connectivity index (χ4n) is 1.89. The minimum absolute atomic E-state index is 0.852. The van der Waals surface area contributed by atoms with Crippen molar-refractivity contribution in [2.45, 2.75) is 13.8 Å². The van der Waals surface area contributed by atoms with Gasteiger partial charge in [-0.3, -0.25) is 0 Å². The van der Waals surface area contributed by atoms with Crippen LogP contribution in [0.1, 0.15) is 11.3 Å². The molecule has 84 valence electrons. The maximum atomic E-state index is 4.19. The van der Waals surface area contributed by atoms with Crippen LogP contribution in [-0.2, 0) is 0 Å². The van der Waals surface area contributed by atoms with E-state index in [1.165, 1.54) is 5.56 Å². The molecular formula is C13H13N4+. The fourth-order valence-corrected chi connectivity index (χ4v) is 1.89. The molecule has 0 unspecified atom stereocenters. The zero-order chi connectivity index (χ0) is 11.8. The Balaban J connectivity index is 2.27. The largest absolute Gasteiger partial charge is 0.330 e. The van der Waals surface area contributed by atoms with Gasteiger partial charge in [0.15, 0.2) is 5.21 Å². The maximum Gasteiger partial charge on any atom is 0.330 e. The molecule has 3 aromatic rings. The molecule has 0 spiro atoms. The Hall–Kier alpha value is -2.23. The molecule has 0 amide bonds. The van der Waals surface area contributed by atoms with E-state index in [9.17, 15) is 0 Å². The summed E-state index contributed by atoms with van der Waals surface area (Å²) in [5.74, 6) is 0. The topological polar surface area (TPSA) is 34.8 Å². The normalized spacial score (nSPS) is 10.9. The Morgan fingerprint density at radius 1 is 1.00 bits per heavy atom. The van der Waals surface area contributed by atoms with Gasteiger partial charge >= 0.3 is 5.65 Å². The number of hydrogen-bond acceptors (Lipinski definition) is 2. The Morgan fingerprint density at radius 2 is 1.76 bits per heavy atom. The molecule has 0 aliphatic carbocycles. The SMILES string of the molecule is Cc1ccc(-n2nnc3cccc(C)[n+]32)cc1. The quantitative estimate of drug-likeness (QED) is 0.590. The molecule has 0 radical (unpaired) electrons. The van der Waals surface area contributed by atoms with Gasteiger partial charge in [-0.25, -0.2) is 0 Å². The van der Waals surface area contributed by atoms with Crippen LogP contribution < -0.4 is 4.52 Å². The minimum Gasteiger partial charge on any atom is -0.121 e. The molecule has 0 aliphatic rings. The molecule has 2 heterocycles. The van der Waals surface area contributed by atoms with Crippen LogP contribution in [-0.4, -0.2) is 15.1 Å². The Kier molecular flexibility index (Phi) is 2.14. The number of tetrazole rings is 1. The van der Waals surface area contributed by atoms with Crippen molar-refractivity contribution in [1.29, 1.82) is 0 Å². The highest BCUT2D eigenvalue weighted by molar-refractivity contribution is 5.33. The average Bonchev–Trinajstić information content (AvgIpc) is 2.75. The fraction of sp³-hybridized carbons (Fsp3) is 0.154. The summed E-state index contributed by atoms with van der Waals surface area (Å²) in [6.07, 6.45) is 0. The number of aromatic nitrogens is 4. The highest BCUT2D eigenvalue weighted by atomic mass is 15.6. The first-order valence-electron chi connectivity index (χ1n) is 5.56. The van der Waals surface area contributed by atoms with Crippen LogP contribution in [0.25, 0.3) is 11.3 Å². The lowest BCUT2D eigenvalue weighted by Crippen LogP contribution is -2.35. The second-order valence-corrected chi connectivity index (χ2v) is 4.15. The Labute approximate surface area is 99.1 Å². The molecule has 3 rings (SSSR count). The third kappa shape index (κ3) is 1.58. The monoisotopic (exact) mass is 225 g/mol. The molecule has 17 heavy (non-hydrogen) atoms. The molecule has 0 atom stereocenters. The zero-order valence-corrected chi connectivity index (χ0v) is 9.83. The number of pyridine rings is 1. The van der Waals surface area contributed by atoms with E-state index in [2.05, 4.69) is 29.4 Å². The predicted octanol–water partition coefficient (Wildman–Crippen LogP) is 1.62. The van der Waals surface area contributed by atoms with Crippen molar-refractivity contribution >= 4 is 5.65 Å². The molecule has 0 saturated heterocycles. The number of benzene rings is 1. The summed E-state index contributed by atoms with van der Waals surface area (Å²) >= 11 is 0. The summed E-state index contributed by atoms with van der Waals surface area (Å²) < 4.78 is 1.99. The predicted molar refractivity (Wildman–Crippen MR) is 64.0 cm³/mol. The van der Waals surface area contributed by atoms with Gasteiger partial charge in [0, 0.05) is 6.07 Å². The first kappa shape index (κ1) is 9.96. The molecule has 1 aromatic carbocycles. The van der Waals surface area contributed by atoms with Gasteiger partial charge in [-0.2, -0.15) is 0 Å². The van der Waals surface area contributed by atoms with Gasteiger partial charge in [0.2, 0.25) is 0 Å². The number of rotatable bonds is 1. The van der Waals surface area contributed by atoms with Crippen molar-refractivity contribution in [2.24, 2.45) is 0 Å². The molecule has 4 nitrogen and oxygen atoms in total. The van der Waals surface area contributed by atoms with E-state index < -0.39 is 0 Å². The number of fused-ring (bicyclic) bond motifs is 1. The van der Waals surface area contributed by atoms with Gasteiger partial charge in [0.25, 0.3) is 0 Å². The molecule has 0 saturated carbocycles. The molecule has 2 aromatic heterocycles. The lowest BCUT2D eigenvalue weighted by atomic mass is 10.2. The van der Waals surface area contributed by atoms with Crippen LogP contribution in [0.15, 0.2) is 42.5 Å². The maximum absolute atomic E-state index is 4.19. The summed E-state index contributed by atoms with van der Waals surface area (Å²) in [6.45, 7) is 4.11. The summed E-state index contributed by atoms with van der Waals surface area (Å²) in [5, 5.41) is 8.34. The van der Waals surface area contributed by atoms with E-state index in [0.29, 0.717) is 0 Å². The Bertz CT molecular complexity index is 667. The first-order valence-corrected chi connectivity index (χ1v) is 5.56. The number of hydrogen-bond donors (Lipinski definition) is 0. The van der Waals surface area contributed by atoms with Crippen molar-refractivity contribution < 1.29 is 4.52 Å². The van der Waals surface area contributed by atoms with Crippen molar-refractivity contribution in [3.63, 3.8) is 0 Å². The van der Waals surface area contributed by atoms with Gasteiger partial charge in [-0.15, -0.1) is 4.52 Å². The van der Waals surface area contributed by atoms with Gasteiger partial charge in [0.05, 0.1) is 0 Å². The zero-order valence-electron chi connectivity index (χ0n) is 9.83. The first-order chi connectivity index (χ1) is 8.25. The standard InChI is InChI=1S/C13H13N4/c1-10-6-8-12(9-7-10)17-15-14-13-5-3-4-11(2)16(13)17/h3-9H,1-2H3/q+1. The van der Waals surface area contributed by atoms with Crippen LogP contribution in [0, 0.1) is 13.8 Å². The van der Waals surface area contributed by atoms with Crippen molar-refractivity contribution in [3.8, 4) is 5.69 Å². The molecule has 0 bridgehead atoms. The summed E-state index contributed by atoms with van der Waals surface area (Å²) in [6, 6.07) is 14.2. The molecule has 0 aliphatic heterocycles. The van der Waals surface area contributed by atoms with Gasteiger partial charge in [-0.1, -0.05) is 23.8 Å². The summed E-state index contributed by atoms with van der Waals surface area (Å²) in [4.78, 5) is 1.81. The minimum atomic E-state index is 0.852. The van der Waals surface area contributed by atoms with E-state index in [1.807, 2.05) is 46.6 Å². The second-order valence-electron chi connectivity index (χ2n) is 4.15. The van der Waals surface area contributed by atoms with Crippen LogP contribution in [0.3, 0.4) is 0 Å². The molecular weight excluding hydrogens is 212 g/mol. The summed E-state index contributed by atoms with van der Waals surface area (Å²) in [7, 11) is 0. The van der Waals surface area contributed by atoms with E-state index in [0.717, 1.165) is 17.0 Å². The van der Waals surface area contributed by atoms with Gasteiger partial charge in [0.1, 0.15) is 16.5 Å². The van der Waals surface area contributed by atoms with Crippen LogP contribution in [0.5, 0.6) is 0 Å². The third-order valence-electron chi connectivity index (χ3n) is 2.82. The third-order valence-corrected chi connectivity index (χ3v) is 2.82. The van der Waals surface area contributed by atoms with Crippen LogP contribution in [0.2, 0.25) is 0 Å². The molecule has 0 N–H and O–H groups in total. The smallest absolute Gasteiger partial charge is 0.121 e. The lowest BCUT2D eigenvalue weighted by Gasteiger charge is -1.99.